The lowest BCUT2D eigenvalue weighted by atomic mass is 10.1. The van der Waals surface area contributed by atoms with Crippen LogP contribution in [0, 0.1) is 0 Å². The lowest BCUT2D eigenvalue weighted by Crippen LogP contribution is -2.48. The summed E-state index contributed by atoms with van der Waals surface area (Å²) in [5.74, 6) is 0.680. The first-order chi connectivity index (χ1) is 13.7. The predicted molar refractivity (Wildman–Crippen MR) is 109 cm³/mol. The van der Waals surface area contributed by atoms with Crippen LogP contribution in [0.1, 0.15) is 25.8 Å². The summed E-state index contributed by atoms with van der Waals surface area (Å²) in [6.07, 6.45) is 1.68. The van der Waals surface area contributed by atoms with Crippen molar-refractivity contribution in [3.05, 3.63) is 76.4 Å². The van der Waals surface area contributed by atoms with Crippen molar-refractivity contribution in [2.75, 3.05) is 31.5 Å². The molecule has 1 saturated heterocycles. The van der Waals surface area contributed by atoms with Crippen molar-refractivity contribution >= 4 is 28.8 Å². The molecule has 1 aliphatic rings. The number of para-hydroxylation sites is 1. The molecule has 2 aromatic heterocycles. The van der Waals surface area contributed by atoms with Gasteiger partial charge in [0.1, 0.15) is 5.76 Å². The van der Waals surface area contributed by atoms with Gasteiger partial charge >= 0.3 is 0 Å². The van der Waals surface area contributed by atoms with Gasteiger partial charge in [-0.25, -0.2) is 0 Å². The Bertz CT molecular complexity index is 930. The second-order valence-electron chi connectivity index (χ2n) is 6.62. The minimum absolute atomic E-state index is 0.0558. The van der Waals surface area contributed by atoms with E-state index in [1.54, 1.807) is 24.5 Å². The van der Waals surface area contributed by atoms with Gasteiger partial charge in [0.25, 0.3) is 11.8 Å². The zero-order valence-electron chi connectivity index (χ0n) is 15.3. The van der Waals surface area contributed by atoms with Crippen molar-refractivity contribution in [3.8, 4) is 0 Å². The molecule has 0 bridgehead atoms. The third-order valence-electron chi connectivity index (χ3n) is 4.77. The summed E-state index contributed by atoms with van der Waals surface area (Å²) >= 11 is 1.37. The van der Waals surface area contributed by atoms with Crippen LogP contribution in [0.25, 0.3) is 0 Å². The zero-order chi connectivity index (χ0) is 19.3. The van der Waals surface area contributed by atoms with E-state index >= 15 is 0 Å². The van der Waals surface area contributed by atoms with Crippen molar-refractivity contribution in [3.63, 3.8) is 0 Å². The minimum atomic E-state index is -0.196. The Morgan fingerprint density at radius 1 is 1.00 bits per heavy atom. The van der Waals surface area contributed by atoms with E-state index in [1.807, 2.05) is 40.6 Å². The number of benzene rings is 1. The van der Waals surface area contributed by atoms with Crippen LogP contribution in [-0.2, 0) is 6.54 Å². The molecule has 1 aliphatic heterocycles. The van der Waals surface area contributed by atoms with Crippen molar-refractivity contribution in [2.45, 2.75) is 6.54 Å². The highest BCUT2D eigenvalue weighted by Crippen LogP contribution is 2.21. The highest BCUT2D eigenvalue weighted by atomic mass is 32.1. The number of hydrogen-bond acceptors (Lipinski definition) is 5. The monoisotopic (exact) mass is 395 g/mol. The summed E-state index contributed by atoms with van der Waals surface area (Å²) in [6.45, 7) is 3.62. The smallest absolute Gasteiger partial charge is 0.265 e. The molecule has 0 spiro atoms. The largest absolute Gasteiger partial charge is 0.468 e. The van der Waals surface area contributed by atoms with E-state index in [4.69, 9.17) is 4.42 Å². The number of nitrogens with zero attached hydrogens (tertiary/aromatic N) is 2. The summed E-state index contributed by atoms with van der Waals surface area (Å²) < 4.78 is 5.40. The van der Waals surface area contributed by atoms with E-state index in [1.165, 1.54) is 11.3 Å². The Labute approximate surface area is 167 Å². The summed E-state index contributed by atoms with van der Waals surface area (Å²) in [7, 11) is 0. The quantitative estimate of drug-likeness (QED) is 0.718. The fourth-order valence-electron chi connectivity index (χ4n) is 3.27. The van der Waals surface area contributed by atoms with Crippen LogP contribution in [0.2, 0.25) is 0 Å². The number of anilines is 1. The number of carbonyl (C=O) groups is 2. The van der Waals surface area contributed by atoms with Crippen LogP contribution in [0.4, 0.5) is 5.69 Å². The molecule has 3 heterocycles. The maximum Gasteiger partial charge on any atom is 0.265 e. The van der Waals surface area contributed by atoms with Crippen LogP contribution >= 0.6 is 11.3 Å². The fraction of sp³-hybridized carbons (Fsp3) is 0.238. The van der Waals surface area contributed by atoms with E-state index in [-0.39, 0.29) is 11.8 Å². The van der Waals surface area contributed by atoms with Gasteiger partial charge in [0.15, 0.2) is 0 Å². The van der Waals surface area contributed by atoms with E-state index in [0.717, 1.165) is 25.4 Å². The molecule has 0 unspecified atom stereocenters. The molecule has 0 atom stereocenters. The summed E-state index contributed by atoms with van der Waals surface area (Å²) in [5, 5.41) is 4.73. The number of rotatable bonds is 5. The maximum absolute atomic E-state index is 13.1. The number of nitrogens with one attached hydrogen (secondary N) is 1. The van der Waals surface area contributed by atoms with Gasteiger partial charge < -0.3 is 14.6 Å². The zero-order valence-corrected chi connectivity index (χ0v) is 16.2. The van der Waals surface area contributed by atoms with Crippen LogP contribution in [0.3, 0.4) is 0 Å². The van der Waals surface area contributed by atoms with E-state index < -0.39 is 0 Å². The molecule has 28 heavy (non-hydrogen) atoms. The van der Waals surface area contributed by atoms with E-state index in [2.05, 4.69) is 10.2 Å². The second-order valence-corrected chi connectivity index (χ2v) is 7.57. The molecule has 7 heteroatoms. The minimum Gasteiger partial charge on any atom is -0.468 e. The van der Waals surface area contributed by atoms with E-state index in [0.29, 0.717) is 29.2 Å². The number of hydrogen-bond donors (Lipinski definition) is 1. The summed E-state index contributed by atoms with van der Waals surface area (Å²) in [5.41, 5.74) is 1.07. The number of amides is 2. The van der Waals surface area contributed by atoms with Crippen LogP contribution < -0.4 is 5.32 Å². The summed E-state index contributed by atoms with van der Waals surface area (Å²) in [6, 6.07) is 14.6. The topological polar surface area (TPSA) is 65.8 Å². The van der Waals surface area contributed by atoms with Gasteiger partial charge in [-0.3, -0.25) is 14.5 Å². The molecule has 3 aromatic rings. The average Bonchev–Trinajstić information content (AvgIpc) is 3.43. The fourth-order valence-corrected chi connectivity index (χ4v) is 3.89. The average molecular weight is 395 g/mol. The second kappa shape index (κ2) is 8.41. The molecule has 1 fully saturated rings. The van der Waals surface area contributed by atoms with Crippen LogP contribution in [0.15, 0.2) is 64.6 Å². The molecule has 2 amide bonds. The molecule has 6 nitrogen and oxygen atoms in total. The Hall–Kier alpha value is -2.90. The lowest BCUT2D eigenvalue weighted by Gasteiger charge is -2.34. The maximum atomic E-state index is 13.1. The number of piperazine rings is 1. The van der Waals surface area contributed by atoms with Crippen LogP contribution in [0.5, 0.6) is 0 Å². The first-order valence-corrected chi connectivity index (χ1v) is 10.1. The molecule has 1 N–H and O–H groups in total. The molecule has 0 aliphatic carbocycles. The van der Waals surface area contributed by atoms with Crippen molar-refractivity contribution in [1.82, 2.24) is 9.80 Å². The van der Waals surface area contributed by atoms with Gasteiger partial charge in [0.2, 0.25) is 0 Å². The van der Waals surface area contributed by atoms with Gasteiger partial charge in [-0.15, -0.1) is 11.3 Å². The molecule has 0 radical (unpaired) electrons. The third-order valence-corrected chi connectivity index (χ3v) is 5.64. The molecule has 0 saturated carbocycles. The van der Waals surface area contributed by atoms with E-state index in [9.17, 15) is 9.59 Å². The Morgan fingerprint density at radius 3 is 2.54 bits per heavy atom. The SMILES string of the molecule is O=C(Nc1ccccc1C(=O)N1CCN(Cc2ccco2)CC1)c1cccs1. The first-order valence-electron chi connectivity index (χ1n) is 9.18. The molecular weight excluding hydrogens is 374 g/mol. The Kier molecular flexibility index (Phi) is 5.55. The molecule has 144 valence electrons. The number of thiophene rings is 1. The normalized spacial score (nSPS) is 14.8. The Morgan fingerprint density at radius 2 is 1.82 bits per heavy atom. The molecule has 4 rings (SSSR count). The lowest BCUT2D eigenvalue weighted by molar-refractivity contribution is 0.0621. The standard InChI is InChI=1S/C21H21N3O3S/c25-20(19-8-4-14-28-19)22-18-7-2-1-6-17(18)21(26)24-11-9-23(10-12-24)15-16-5-3-13-27-16/h1-8,13-14H,9-12,15H2,(H,22,25). The first kappa shape index (κ1) is 18.5. The number of furan rings is 1. The van der Waals surface area contributed by atoms with Crippen molar-refractivity contribution in [2.24, 2.45) is 0 Å². The van der Waals surface area contributed by atoms with Gasteiger partial charge in [0.05, 0.1) is 28.9 Å². The predicted octanol–water partition coefficient (Wildman–Crippen LogP) is 3.55. The van der Waals surface area contributed by atoms with Gasteiger partial charge in [0, 0.05) is 26.2 Å². The Balaban J connectivity index is 1.40. The van der Waals surface area contributed by atoms with Crippen molar-refractivity contribution < 1.29 is 14.0 Å². The molecular formula is C21H21N3O3S. The van der Waals surface area contributed by atoms with Gasteiger partial charge in [-0.05, 0) is 35.7 Å². The summed E-state index contributed by atoms with van der Waals surface area (Å²) in [4.78, 5) is 30.2. The third kappa shape index (κ3) is 4.16. The highest BCUT2D eigenvalue weighted by molar-refractivity contribution is 7.12. The van der Waals surface area contributed by atoms with Crippen LogP contribution in [-0.4, -0.2) is 47.8 Å². The number of carbonyl (C=O) groups excluding carboxylic acids is 2. The highest BCUT2D eigenvalue weighted by Gasteiger charge is 2.24. The molecule has 1 aromatic carbocycles. The van der Waals surface area contributed by atoms with Crippen molar-refractivity contribution in [1.29, 1.82) is 0 Å². The van der Waals surface area contributed by atoms with Gasteiger partial charge in [-0.1, -0.05) is 18.2 Å². The van der Waals surface area contributed by atoms with Gasteiger partial charge in [-0.2, -0.15) is 0 Å².